The molecule has 0 fully saturated rings. The van der Waals surface area contributed by atoms with Crippen LogP contribution in [0.2, 0.25) is 0 Å². The molecule has 2 atom stereocenters. The van der Waals surface area contributed by atoms with Gasteiger partial charge < -0.3 is 19.7 Å². The molecule has 10 heteroatoms. The molecule has 0 amide bonds. The second kappa shape index (κ2) is 5.73. The monoisotopic (exact) mass is 282 g/mol. The van der Waals surface area contributed by atoms with Gasteiger partial charge in [-0.05, 0) is 0 Å². The predicted octanol–water partition coefficient (Wildman–Crippen LogP) is -0.503. The van der Waals surface area contributed by atoms with Crippen LogP contribution in [0.1, 0.15) is 0 Å². The van der Waals surface area contributed by atoms with E-state index in [-0.39, 0.29) is 11.8 Å². The first-order chi connectivity index (χ1) is 9.58. The van der Waals surface area contributed by atoms with Crippen LogP contribution in [0, 0.1) is 0 Å². The number of carbonyl (C=O) groups is 2. The normalized spacial score (nSPS) is 13.4. The summed E-state index contributed by atoms with van der Waals surface area (Å²) in [7, 11) is 0. The highest BCUT2D eigenvalue weighted by atomic mass is 16.6. The van der Waals surface area contributed by atoms with Gasteiger partial charge in [-0.15, -0.1) is 0 Å². The molecule has 0 saturated heterocycles. The van der Waals surface area contributed by atoms with E-state index in [0.29, 0.717) is 0 Å². The second-order valence-electron chi connectivity index (χ2n) is 3.60. The van der Waals surface area contributed by atoms with Crippen molar-refractivity contribution in [1.29, 1.82) is 0 Å². The topological polar surface area (TPSA) is 150 Å². The van der Waals surface area contributed by atoms with Crippen molar-refractivity contribution in [3.8, 4) is 11.8 Å². The van der Waals surface area contributed by atoms with Crippen LogP contribution in [0.15, 0.2) is 24.5 Å². The van der Waals surface area contributed by atoms with Crippen LogP contribution in [0.25, 0.3) is 0 Å². The molecule has 2 unspecified atom stereocenters. The third-order valence-corrected chi connectivity index (χ3v) is 2.22. The van der Waals surface area contributed by atoms with Crippen LogP contribution >= 0.6 is 0 Å². The molecule has 0 aliphatic rings. The molecule has 0 spiro atoms. The first-order valence-corrected chi connectivity index (χ1v) is 5.35. The number of hydrogen-bond donors (Lipinski definition) is 4. The summed E-state index contributed by atoms with van der Waals surface area (Å²) in [6, 6.07) is 2.70. The number of nitrogens with zero attached hydrogens (tertiary/aromatic N) is 2. The average Bonchev–Trinajstić information content (AvgIpc) is 3.06. The first kappa shape index (κ1) is 13.4. The van der Waals surface area contributed by atoms with Gasteiger partial charge in [0.1, 0.15) is 0 Å². The van der Waals surface area contributed by atoms with E-state index in [1.54, 1.807) is 0 Å². The van der Waals surface area contributed by atoms with E-state index in [9.17, 15) is 9.59 Å². The van der Waals surface area contributed by atoms with E-state index in [1.165, 1.54) is 24.5 Å². The van der Waals surface area contributed by atoms with E-state index in [0.717, 1.165) is 0 Å². The Labute approximate surface area is 111 Å². The number of nitrogens with one attached hydrogen (secondary N) is 2. The van der Waals surface area contributed by atoms with Gasteiger partial charge >= 0.3 is 11.9 Å². The van der Waals surface area contributed by atoms with Gasteiger partial charge in [-0.2, -0.15) is 10.2 Å². The summed E-state index contributed by atoms with van der Waals surface area (Å²) in [5.41, 5.74) is 0. The number of ether oxygens (including phenoxy) is 2. The Hall–Kier alpha value is -3.04. The lowest BCUT2D eigenvalue weighted by atomic mass is 10.2. The summed E-state index contributed by atoms with van der Waals surface area (Å²) >= 11 is 0. The van der Waals surface area contributed by atoms with Crippen LogP contribution in [-0.2, 0) is 9.59 Å². The molecular weight excluding hydrogens is 272 g/mol. The molecule has 0 aliphatic heterocycles. The molecule has 0 radical (unpaired) electrons. The molecule has 20 heavy (non-hydrogen) atoms. The van der Waals surface area contributed by atoms with Gasteiger partial charge in [0.15, 0.2) is 0 Å². The fraction of sp³-hybridized carbons (Fsp3) is 0.200. The van der Waals surface area contributed by atoms with E-state index >= 15 is 0 Å². The van der Waals surface area contributed by atoms with Gasteiger partial charge in [0.25, 0.3) is 0 Å². The molecule has 0 aromatic carbocycles. The molecule has 2 heterocycles. The Morgan fingerprint density at radius 2 is 1.35 bits per heavy atom. The van der Waals surface area contributed by atoms with Crippen LogP contribution in [0.3, 0.4) is 0 Å². The van der Waals surface area contributed by atoms with E-state index in [2.05, 4.69) is 20.4 Å². The zero-order valence-corrected chi connectivity index (χ0v) is 9.89. The quantitative estimate of drug-likeness (QED) is 0.530. The van der Waals surface area contributed by atoms with E-state index in [1.807, 2.05) is 0 Å². The summed E-state index contributed by atoms with van der Waals surface area (Å²) in [4.78, 5) is 22.3. The van der Waals surface area contributed by atoms with E-state index < -0.39 is 24.1 Å². The molecule has 10 nitrogen and oxygen atoms in total. The van der Waals surface area contributed by atoms with Crippen LogP contribution in [0.4, 0.5) is 0 Å². The Morgan fingerprint density at radius 1 is 0.950 bits per heavy atom. The molecule has 2 rings (SSSR count). The summed E-state index contributed by atoms with van der Waals surface area (Å²) in [6.07, 6.45) is -0.869. The maximum absolute atomic E-state index is 11.2. The number of hydrogen-bond acceptors (Lipinski definition) is 6. The molecule has 2 aromatic rings. The first-order valence-electron chi connectivity index (χ1n) is 5.35. The molecule has 0 aliphatic carbocycles. The summed E-state index contributed by atoms with van der Waals surface area (Å²) in [5, 5.41) is 30.1. The largest absolute Gasteiger partial charge is 0.478 e. The van der Waals surface area contributed by atoms with Gasteiger partial charge in [-0.25, -0.2) is 19.8 Å². The standard InChI is InChI=1S/C10H10N4O6/c15-9(16)7(19-5-1-3-11-13-5)8(10(17)18)20-6-2-4-12-14-6/h1-4,7-8H,(H,11,13)(H,12,14)(H,15,16)(H,17,18). The SMILES string of the molecule is O=C(O)C(Oc1ccn[nH]1)C(Oc1ccn[nH]1)C(=O)O. The highest BCUT2D eigenvalue weighted by Gasteiger charge is 2.38. The number of rotatable bonds is 7. The van der Waals surface area contributed by atoms with Crippen molar-refractivity contribution in [1.82, 2.24) is 20.4 Å². The number of aromatic amines is 2. The molecule has 0 bridgehead atoms. The maximum atomic E-state index is 11.2. The fourth-order valence-electron chi connectivity index (χ4n) is 1.37. The minimum atomic E-state index is -1.77. The van der Waals surface area contributed by atoms with Gasteiger partial charge in [0.2, 0.25) is 24.0 Å². The van der Waals surface area contributed by atoms with Crippen molar-refractivity contribution in [2.45, 2.75) is 12.2 Å². The number of aromatic nitrogens is 4. The minimum Gasteiger partial charge on any atom is -0.478 e. The smallest absolute Gasteiger partial charge is 0.349 e. The van der Waals surface area contributed by atoms with Crippen molar-refractivity contribution in [3.05, 3.63) is 24.5 Å². The number of carboxylic acid groups (broad SMARTS) is 2. The lowest BCUT2D eigenvalue weighted by Gasteiger charge is -2.20. The minimum absolute atomic E-state index is 0.0110. The third-order valence-electron chi connectivity index (χ3n) is 2.22. The summed E-state index contributed by atoms with van der Waals surface area (Å²) < 4.78 is 10.1. The molecule has 106 valence electrons. The zero-order valence-electron chi connectivity index (χ0n) is 9.89. The van der Waals surface area contributed by atoms with Crippen molar-refractivity contribution in [2.75, 3.05) is 0 Å². The molecular formula is C10H10N4O6. The Kier molecular flexibility index (Phi) is 3.84. The number of aliphatic carboxylic acids is 2. The van der Waals surface area contributed by atoms with Crippen molar-refractivity contribution >= 4 is 11.9 Å². The van der Waals surface area contributed by atoms with Crippen molar-refractivity contribution < 1.29 is 29.3 Å². The predicted molar refractivity (Wildman–Crippen MR) is 61.3 cm³/mol. The number of H-pyrrole nitrogens is 2. The average molecular weight is 282 g/mol. The lowest BCUT2D eigenvalue weighted by Crippen LogP contribution is -2.47. The molecule has 2 aromatic heterocycles. The van der Waals surface area contributed by atoms with Gasteiger partial charge in [0.05, 0.1) is 12.4 Å². The molecule has 4 N–H and O–H groups in total. The van der Waals surface area contributed by atoms with Crippen molar-refractivity contribution in [3.63, 3.8) is 0 Å². The highest BCUT2D eigenvalue weighted by molar-refractivity contribution is 5.84. The maximum Gasteiger partial charge on any atom is 0.349 e. The van der Waals surface area contributed by atoms with Gasteiger partial charge in [-0.1, -0.05) is 0 Å². The molecule has 0 saturated carbocycles. The lowest BCUT2D eigenvalue weighted by molar-refractivity contribution is -0.162. The Balaban J connectivity index is 2.18. The fourth-order valence-corrected chi connectivity index (χ4v) is 1.37. The zero-order chi connectivity index (χ0) is 14.5. The van der Waals surface area contributed by atoms with Crippen LogP contribution < -0.4 is 9.47 Å². The van der Waals surface area contributed by atoms with Crippen molar-refractivity contribution in [2.24, 2.45) is 0 Å². The van der Waals surface area contributed by atoms with Gasteiger partial charge in [0, 0.05) is 12.1 Å². The summed E-state index contributed by atoms with van der Waals surface area (Å²) in [6.45, 7) is 0. The second-order valence-corrected chi connectivity index (χ2v) is 3.60. The van der Waals surface area contributed by atoms with E-state index in [4.69, 9.17) is 19.7 Å². The highest BCUT2D eigenvalue weighted by Crippen LogP contribution is 2.14. The Morgan fingerprint density at radius 3 is 1.60 bits per heavy atom. The van der Waals surface area contributed by atoms with Crippen LogP contribution in [0.5, 0.6) is 11.8 Å². The third kappa shape index (κ3) is 3.04. The Bertz CT molecular complexity index is 514. The number of carboxylic acids is 2. The summed E-state index contributed by atoms with van der Waals surface area (Å²) in [5.74, 6) is -2.97. The van der Waals surface area contributed by atoms with Crippen LogP contribution in [-0.4, -0.2) is 54.8 Å². The van der Waals surface area contributed by atoms with Gasteiger partial charge in [-0.3, -0.25) is 0 Å².